The Morgan fingerprint density at radius 3 is 2.61 bits per heavy atom. The van der Waals surface area contributed by atoms with Gasteiger partial charge in [0.1, 0.15) is 3.70 Å². The van der Waals surface area contributed by atoms with E-state index in [-0.39, 0.29) is 21.5 Å². The van der Waals surface area contributed by atoms with Crippen molar-refractivity contribution in [2.45, 2.75) is 12.9 Å². The first-order valence-corrected chi connectivity index (χ1v) is 5.60. The molecular weight excluding hydrogens is 368 g/mol. The van der Waals surface area contributed by atoms with E-state index in [0.29, 0.717) is 0 Å². The van der Waals surface area contributed by atoms with Gasteiger partial charge in [-0.3, -0.25) is 0 Å². The summed E-state index contributed by atoms with van der Waals surface area (Å²) >= 11 is 1.52. The number of nitrogens with two attached hydrogens (primary N) is 1. The summed E-state index contributed by atoms with van der Waals surface area (Å²) in [6.45, 7) is -0.164. The van der Waals surface area contributed by atoms with E-state index in [9.17, 15) is 18.0 Å². The van der Waals surface area contributed by atoms with Crippen molar-refractivity contribution >= 4 is 28.6 Å². The highest BCUT2D eigenvalue weighted by molar-refractivity contribution is 14.1. The molecule has 100 valence electrons. The van der Waals surface area contributed by atoms with E-state index in [1.807, 2.05) is 0 Å². The van der Waals surface area contributed by atoms with Gasteiger partial charge in [0.15, 0.2) is 11.4 Å². The minimum Gasteiger partial charge on any atom is -0.464 e. The first-order chi connectivity index (χ1) is 8.28. The summed E-state index contributed by atoms with van der Waals surface area (Å²) in [5, 5.41) is 0. The third-order valence-corrected chi connectivity index (χ3v) is 2.62. The molecule has 0 bridgehead atoms. The van der Waals surface area contributed by atoms with E-state index in [1.165, 1.54) is 22.6 Å². The van der Waals surface area contributed by atoms with E-state index in [0.717, 1.165) is 13.2 Å². The summed E-state index contributed by atoms with van der Waals surface area (Å²) in [5.74, 6) is -1.27. The molecule has 0 aliphatic rings. The summed E-state index contributed by atoms with van der Waals surface area (Å²) in [6.07, 6.45) is -4.83. The quantitative estimate of drug-likeness (QED) is 0.495. The van der Waals surface area contributed by atoms with Crippen LogP contribution in [0.15, 0.2) is 6.07 Å². The lowest BCUT2D eigenvalue weighted by atomic mass is 10.2. The number of methoxy groups -OCH3 is 1. The summed E-state index contributed by atoms with van der Waals surface area (Å²) in [6, 6.07) is 1.02. The summed E-state index contributed by atoms with van der Waals surface area (Å²) < 4.78 is 44.4. The average Bonchev–Trinajstić information content (AvgIpc) is 2.28. The lowest BCUT2D eigenvalue weighted by Crippen LogP contribution is -2.20. The average molecular weight is 376 g/mol. The highest BCUT2D eigenvalue weighted by atomic mass is 127. The first-order valence-electron chi connectivity index (χ1n) is 4.52. The topological polar surface area (TPSA) is 74.4 Å². The third-order valence-electron chi connectivity index (χ3n) is 1.85. The Labute approximate surface area is 114 Å². The van der Waals surface area contributed by atoms with Crippen molar-refractivity contribution in [3.63, 3.8) is 0 Å². The molecule has 0 aliphatic carbocycles. The molecule has 0 aromatic carbocycles. The largest absolute Gasteiger partial charge is 0.573 e. The van der Waals surface area contributed by atoms with Crippen LogP contribution in [-0.2, 0) is 11.3 Å². The molecule has 0 atom stereocenters. The zero-order valence-corrected chi connectivity index (χ0v) is 11.2. The van der Waals surface area contributed by atoms with Crippen molar-refractivity contribution in [1.29, 1.82) is 0 Å². The van der Waals surface area contributed by atoms with E-state index >= 15 is 0 Å². The normalized spacial score (nSPS) is 11.2. The molecule has 0 amide bonds. The van der Waals surface area contributed by atoms with Gasteiger partial charge in [0.25, 0.3) is 0 Å². The number of hydrogen-bond donors (Lipinski definition) is 1. The zero-order chi connectivity index (χ0) is 13.9. The molecule has 0 radical (unpaired) electrons. The predicted molar refractivity (Wildman–Crippen MR) is 62.9 cm³/mol. The number of esters is 1. The Morgan fingerprint density at radius 1 is 1.56 bits per heavy atom. The highest BCUT2D eigenvalue weighted by Gasteiger charge is 2.33. The minimum atomic E-state index is -4.83. The minimum absolute atomic E-state index is 0.109. The van der Waals surface area contributed by atoms with Crippen LogP contribution in [0.1, 0.15) is 16.1 Å². The van der Waals surface area contributed by atoms with Crippen molar-refractivity contribution in [1.82, 2.24) is 4.98 Å². The number of nitrogens with zero attached hydrogens (tertiary/aromatic N) is 1. The van der Waals surface area contributed by atoms with Crippen LogP contribution < -0.4 is 10.5 Å². The maximum absolute atomic E-state index is 12.1. The van der Waals surface area contributed by atoms with Crippen LogP contribution in [0.5, 0.6) is 5.75 Å². The number of aromatic nitrogens is 1. The zero-order valence-electron chi connectivity index (χ0n) is 9.05. The molecule has 1 aromatic rings. The molecule has 0 saturated heterocycles. The SMILES string of the molecule is COC(=O)c1nc(I)c(OC(F)(F)F)cc1CN. The molecule has 18 heavy (non-hydrogen) atoms. The molecule has 2 N–H and O–H groups in total. The van der Waals surface area contributed by atoms with Gasteiger partial charge in [-0.2, -0.15) is 0 Å². The number of hydrogen-bond acceptors (Lipinski definition) is 5. The maximum atomic E-state index is 12.1. The Balaban J connectivity index is 3.22. The highest BCUT2D eigenvalue weighted by Crippen LogP contribution is 2.28. The van der Waals surface area contributed by atoms with E-state index in [2.05, 4.69) is 14.5 Å². The Kier molecular flexibility index (Phi) is 4.73. The van der Waals surface area contributed by atoms with Crippen LogP contribution in [0.3, 0.4) is 0 Å². The van der Waals surface area contributed by atoms with Gasteiger partial charge in [-0.15, -0.1) is 13.2 Å². The van der Waals surface area contributed by atoms with Gasteiger partial charge < -0.3 is 15.2 Å². The second kappa shape index (κ2) is 5.69. The van der Waals surface area contributed by atoms with Crippen LogP contribution in [-0.4, -0.2) is 24.4 Å². The molecule has 1 heterocycles. The molecule has 1 rings (SSSR count). The van der Waals surface area contributed by atoms with Crippen molar-refractivity contribution in [3.8, 4) is 5.75 Å². The number of carbonyl (C=O) groups excluding carboxylic acids is 1. The molecule has 1 aromatic heterocycles. The van der Waals surface area contributed by atoms with Crippen LogP contribution in [0, 0.1) is 3.70 Å². The van der Waals surface area contributed by atoms with E-state index in [1.54, 1.807) is 0 Å². The lowest BCUT2D eigenvalue weighted by molar-refractivity contribution is -0.275. The maximum Gasteiger partial charge on any atom is 0.573 e. The van der Waals surface area contributed by atoms with Crippen LogP contribution >= 0.6 is 22.6 Å². The van der Waals surface area contributed by atoms with Gasteiger partial charge in [0.05, 0.1) is 7.11 Å². The molecule has 0 saturated carbocycles. The van der Waals surface area contributed by atoms with E-state index < -0.39 is 18.1 Å². The lowest BCUT2D eigenvalue weighted by Gasteiger charge is -2.13. The van der Waals surface area contributed by atoms with Gasteiger partial charge in [-0.1, -0.05) is 0 Å². The number of carbonyl (C=O) groups is 1. The fraction of sp³-hybridized carbons (Fsp3) is 0.333. The Hall–Kier alpha value is -1.10. The smallest absolute Gasteiger partial charge is 0.464 e. The van der Waals surface area contributed by atoms with E-state index in [4.69, 9.17) is 5.73 Å². The molecule has 9 heteroatoms. The van der Waals surface area contributed by atoms with Crippen molar-refractivity contribution in [2.75, 3.05) is 7.11 Å². The molecule has 0 aliphatic heterocycles. The number of halogens is 4. The second-order valence-corrected chi connectivity index (χ2v) is 4.05. The summed E-state index contributed by atoms with van der Waals surface area (Å²) in [7, 11) is 1.14. The predicted octanol–water partition coefficient (Wildman–Crippen LogP) is 1.83. The molecule has 0 fully saturated rings. The van der Waals surface area contributed by atoms with Crippen molar-refractivity contribution in [2.24, 2.45) is 5.73 Å². The van der Waals surface area contributed by atoms with Gasteiger partial charge in [0, 0.05) is 12.1 Å². The molecular formula is C9H8F3IN2O3. The Bertz CT molecular complexity index is 465. The Morgan fingerprint density at radius 2 is 2.17 bits per heavy atom. The van der Waals surface area contributed by atoms with Crippen molar-refractivity contribution < 1.29 is 27.4 Å². The van der Waals surface area contributed by atoms with Crippen molar-refractivity contribution in [3.05, 3.63) is 21.0 Å². The van der Waals surface area contributed by atoms with Gasteiger partial charge >= 0.3 is 12.3 Å². The van der Waals surface area contributed by atoms with Crippen LogP contribution in [0.25, 0.3) is 0 Å². The number of ether oxygens (including phenoxy) is 2. The van der Waals surface area contributed by atoms with Gasteiger partial charge in [-0.25, -0.2) is 9.78 Å². The summed E-state index contributed by atoms with van der Waals surface area (Å²) in [4.78, 5) is 15.0. The monoisotopic (exact) mass is 376 g/mol. The number of pyridine rings is 1. The number of rotatable bonds is 3. The standard InChI is InChI=1S/C9H8F3IN2O3/c1-17-8(16)6-4(3-14)2-5(7(13)15-6)18-9(10,11)12/h2H,3,14H2,1H3. The van der Waals surface area contributed by atoms with Crippen LogP contribution in [0.2, 0.25) is 0 Å². The number of alkyl halides is 3. The second-order valence-electron chi connectivity index (χ2n) is 3.03. The molecule has 5 nitrogen and oxygen atoms in total. The third kappa shape index (κ3) is 3.70. The molecule has 0 unspecified atom stereocenters. The fourth-order valence-corrected chi connectivity index (χ4v) is 1.64. The fourth-order valence-electron chi connectivity index (χ4n) is 1.14. The van der Waals surface area contributed by atoms with Gasteiger partial charge in [0.2, 0.25) is 0 Å². The summed E-state index contributed by atoms with van der Waals surface area (Å²) in [5.41, 5.74) is 5.33. The molecule has 0 spiro atoms. The van der Waals surface area contributed by atoms with Gasteiger partial charge in [-0.05, 0) is 28.7 Å². The van der Waals surface area contributed by atoms with Crippen LogP contribution in [0.4, 0.5) is 13.2 Å². The first kappa shape index (κ1) is 15.0.